The molecule has 3 nitrogen and oxygen atoms in total. The van der Waals surface area contributed by atoms with Crippen LogP contribution in [-0.4, -0.2) is 11.7 Å². The Kier molecular flexibility index (Phi) is 4.35. The summed E-state index contributed by atoms with van der Waals surface area (Å²) >= 11 is 3.47. The SMILES string of the molecule is COc1ccc(-n2c(-c3ccc(Br)cc3)cc3ccccc3c2=O)cc1. The zero-order chi connectivity index (χ0) is 18.1. The minimum Gasteiger partial charge on any atom is -0.497 e. The third-order valence-corrected chi connectivity index (χ3v) is 4.93. The molecular formula is C22H16BrNO2. The van der Waals surface area contributed by atoms with E-state index in [1.807, 2.05) is 72.8 Å². The van der Waals surface area contributed by atoms with Gasteiger partial charge in [-0.05, 0) is 59.5 Å². The number of ether oxygens (including phenoxy) is 1. The van der Waals surface area contributed by atoms with E-state index < -0.39 is 0 Å². The summed E-state index contributed by atoms with van der Waals surface area (Å²) in [7, 11) is 1.63. The number of methoxy groups -OCH3 is 1. The molecule has 4 aromatic rings. The minimum atomic E-state index is -0.0359. The molecule has 0 aliphatic heterocycles. The Labute approximate surface area is 159 Å². The number of halogens is 1. The summed E-state index contributed by atoms with van der Waals surface area (Å²) in [6, 6.07) is 25.2. The van der Waals surface area contributed by atoms with E-state index in [9.17, 15) is 4.79 Å². The van der Waals surface area contributed by atoms with E-state index in [0.717, 1.165) is 32.6 Å². The summed E-state index contributed by atoms with van der Waals surface area (Å²) in [6.07, 6.45) is 0. The van der Waals surface area contributed by atoms with Crippen LogP contribution in [-0.2, 0) is 0 Å². The average molecular weight is 406 g/mol. The molecule has 0 N–H and O–H groups in total. The van der Waals surface area contributed by atoms with E-state index >= 15 is 0 Å². The number of pyridine rings is 1. The summed E-state index contributed by atoms with van der Waals surface area (Å²) in [4.78, 5) is 13.3. The van der Waals surface area contributed by atoms with Gasteiger partial charge in [0.15, 0.2) is 0 Å². The van der Waals surface area contributed by atoms with Crippen LogP contribution < -0.4 is 10.3 Å². The maximum Gasteiger partial charge on any atom is 0.263 e. The normalized spacial score (nSPS) is 10.8. The number of aromatic nitrogens is 1. The lowest BCUT2D eigenvalue weighted by Crippen LogP contribution is -2.20. The van der Waals surface area contributed by atoms with Gasteiger partial charge in [0.05, 0.1) is 12.8 Å². The molecule has 4 rings (SSSR count). The van der Waals surface area contributed by atoms with Gasteiger partial charge in [-0.15, -0.1) is 0 Å². The van der Waals surface area contributed by atoms with E-state index in [2.05, 4.69) is 22.0 Å². The monoisotopic (exact) mass is 405 g/mol. The number of benzene rings is 3. The van der Waals surface area contributed by atoms with Crippen molar-refractivity contribution in [3.63, 3.8) is 0 Å². The first-order valence-corrected chi connectivity index (χ1v) is 9.02. The van der Waals surface area contributed by atoms with Gasteiger partial charge in [-0.3, -0.25) is 9.36 Å². The first-order valence-electron chi connectivity index (χ1n) is 8.22. The minimum absolute atomic E-state index is 0.0359. The van der Waals surface area contributed by atoms with Crippen molar-refractivity contribution in [3.8, 4) is 22.7 Å². The molecule has 1 aromatic heterocycles. The number of rotatable bonds is 3. The highest BCUT2D eigenvalue weighted by Crippen LogP contribution is 2.27. The molecule has 0 radical (unpaired) electrons. The highest BCUT2D eigenvalue weighted by Gasteiger charge is 2.13. The van der Waals surface area contributed by atoms with Gasteiger partial charge in [-0.2, -0.15) is 0 Å². The molecule has 0 aliphatic carbocycles. The second-order valence-electron chi connectivity index (χ2n) is 5.96. The van der Waals surface area contributed by atoms with E-state index in [4.69, 9.17) is 4.74 Å². The predicted molar refractivity (Wildman–Crippen MR) is 109 cm³/mol. The summed E-state index contributed by atoms with van der Waals surface area (Å²) in [6.45, 7) is 0. The van der Waals surface area contributed by atoms with Crippen molar-refractivity contribution < 1.29 is 4.74 Å². The van der Waals surface area contributed by atoms with Gasteiger partial charge in [-0.25, -0.2) is 0 Å². The Hall–Kier alpha value is -2.85. The Balaban J connectivity index is 2.04. The highest BCUT2D eigenvalue weighted by atomic mass is 79.9. The molecule has 0 saturated heterocycles. The standard InChI is InChI=1S/C22H16BrNO2/c1-26-19-12-10-18(11-13-19)24-21(15-6-8-17(23)9-7-15)14-16-4-2-3-5-20(16)22(24)25/h2-14H,1H3. The van der Waals surface area contributed by atoms with Gasteiger partial charge in [0.1, 0.15) is 5.75 Å². The third kappa shape index (κ3) is 2.93. The van der Waals surface area contributed by atoms with Crippen molar-refractivity contribution in [1.29, 1.82) is 0 Å². The van der Waals surface area contributed by atoms with Crippen LogP contribution in [0.2, 0.25) is 0 Å². The molecule has 0 saturated carbocycles. The molecule has 0 atom stereocenters. The summed E-state index contributed by atoms with van der Waals surface area (Å²) in [5.41, 5.74) is 2.60. The second kappa shape index (κ2) is 6.81. The van der Waals surface area contributed by atoms with Gasteiger partial charge in [0.2, 0.25) is 0 Å². The van der Waals surface area contributed by atoms with Crippen LogP contribution in [0.4, 0.5) is 0 Å². The van der Waals surface area contributed by atoms with Crippen molar-refractivity contribution in [2.75, 3.05) is 7.11 Å². The summed E-state index contributed by atoms with van der Waals surface area (Å²) in [5.74, 6) is 0.757. The lowest BCUT2D eigenvalue weighted by Gasteiger charge is -2.15. The molecule has 3 aromatic carbocycles. The zero-order valence-electron chi connectivity index (χ0n) is 14.1. The predicted octanol–water partition coefficient (Wildman–Crippen LogP) is 5.43. The van der Waals surface area contributed by atoms with Gasteiger partial charge in [-0.1, -0.05) is 46.3 Å². The molecule has 26 heavy (non-hydrogen) atoms. The van der Waals surface area contributed by atoms with Crippen LogP contribution in [0.15, 0.2) is 88.1 Å². The first kappa shape index (κ1) is 16.6. The average Bonchev–Trinajstić information content (AvgIpc) is 2.69. The van der Waals surface area contributed by atoms with Gasteiger partial charge < -0.3 is 4.74 Å². The van der Waals surface area contributed by atoms with E-state index in [0.29, 0.717) is 5.39 Å². The van der Waals surface area contributed by atoms with Crippen LogP contribution in [0.3, 0.4) is 0 Å². The molecule has 0 bridgehead atoms. The largest absolute Gasteiger partial charge is 0.497 e. The molecule has 0 fully saturated rings. The Morgan fingerprint density at radius 3 is 2.27 bits per heavy atom. The Morgan fingerprint density at radius 2 is 1.58 bits per heavy atom. The van der Waals surface area contributed by atoms with Gasteiger partial charge in [0.25, 0.3) is 5.56 Å². The number of fused-ring (bicyclic) bond motifs is 1. The lowest BCUT2D eigenvalue weighted by molar-refractivity contribution is 0.414. The first-order chi connectivity index (χ1) is 12.7. The summed E-state index contributed by atoms with van der Waals surface area (Å²) < 4.78 is 8.00. The molecule has 0 amide bonds. The molecule has 128 valence electrons. The van der Waals surface area contributed by atoms with Crippen LogP contribution in [0.25, 0.3) is 27.7 Å². The Bertz CT molecular complexity index is 1130. The molecular weight excluding hydrogens is 390 g/mol. The van der Waals surface area contributed by atoms with Crippen molar-refractivity contribution >= 4 is 26.7 Å². The lowest BCUT2D eigenvalue weighted by atomic mass is 10.1. The smallest absolute Gasteiger partial charge is 0.263 e. The number of nitrogens with zero attached hydrogens (tertiary/aromatic N) is 1. The van der Waals surface area contributed by atoms with Crippen molar-refractivity contribution in [1.82, 2.24) is 4.57 Å². The molecule has 0 aliphatic rings. The molecule has 4 heteroatoms. The number of hydrogen-bond acceptors (Lipinski definition) is 2. The molecule has 1 heterocycles. The third-order valence-electron chi connectivity index (χ3n) is 4.40. The number of hydrogen-bond donors (Lipinski definition) is 0. The molecule has 0 unspecified atom stereocenters. The maximum atomic E-state index is 13.3. The Morgan fingerprint density at radius 1 is 0.885 bits per heavy atom. The zero-order valence-corrected chi connectivity index (χ0v) is 15.7. The fourth-order valence-electron chi connectivity index (χ4n) is 3.08. The van der Waals surface area contributed by atoms with Crippen LogP contribution in [0.1, 0.15) is 0 Å². The second-order valence-corrected chi connectivity index (χ2v) is 6.88. The van der Waals surface area contributed by atoms with E-state index in [1.165, 1.54) is 0 Å². The summed E-state index contributed by atoms with van der Waals surface area (Å²) in [5, 5.41) is 1.63. The fourth-order valence-corrected chi connectivity index (χ4v) is 3.34. The maximum absolute atomic E-state index is 13.3. The topological polar surface area (TPSA) is 31.2 Å². The van der Waals surface area contributed by atoms with Gasteiger partial charge in [0, 0.05) is 15.5 Å². The van der Waals surface area contributed by atoms with E-state index in [1.54, 1.807) is 11.7 Å². The van der Waals surface area contributed by atoms with Crippen LogP contribution in [0.5, 0.6) is 5.75 Å². The van der Waals surface area contributed by atoms with Crippen molar-refractivity contribution in [3.05, 3.63) is 93.7 Å². The molecule has 0 spiro atoms. The highest BCUT2D eigenvalue weighted by molar-refractivity contribution is 9.10. The van der Waals surface area contributed by atoms with Gasteiger partial charge >= 0.3 is 0 Å². The van der Waals surface area contributed by atoms with E-state index in [-0.39, 0.29) is 5.56 Å². The fraction of sp³-hybridized carbons (Fsp3) is 0.0455. The van der Waals surface area contributed by atoms with Crippen LogP contribution >= 0.6 is 15.9 Å². The quantitative estimate of drug-likeness (QED) is 0.455. The van der Waals surface area contributed by atoms with Crippen molar-refractivity contribution in [2.24, 2.45) is 0 Å². The van der Waals surface area contributed by atoms with Crippen molar-refractivity contribution in [2.45, 2.75) is 0 Å². The van der Waals surface area contributed by atoms with Crippen LogP contribution in [0, 0.1) is 0 Å².